The Labute approximate surface area is 101 Å². The third-order valence-corrected chi connectivity index (χ3v) is 2.69. The summed E-state index contributed by atoms with van der Waals surface area (Å²) in [7, 11) is 3.29. The zero-order valence-electron chi connectivity index (χ0n) is 10.9. The molecule has 1 aromatic rings. The molecule has 0 fully saturated rings. The number of nitrogens with zero attached hydrogens (tertiary/aromatic N) is 1. The van der Waals surface area contributed by atoms with Crippen LogP contribution in [0.1, 0.15) is 27.4 Å². The van der Waals surface area contributed by atoms with Crippen molar-refractivity contribution < 1.29 is 14.0 Å². The van der Waals surface area contributed by atoms with Crippen LogP contribution in [0.3, 0.4) is 0 Å². The second kappa shape index (κ2) is 5.03. The van der Waals surface area contributed by atoms with Crippen LogP contribution in [0.2, 0.25) is 0 Å². The number of aryl methyl sites for hydroxylation is 2. The molecule has 0 aliphatic carbocycles. The summed E-state index contributed by atoms with van der Waals surface area (Å²) >= 11 is 0. The fourth-order valence-electron chi connectivity index (χ4n) is 1.53. The van der Waals surface area contributed by atoms with Gasteiger partial charge in [-0.15, -0.1) is 0 Å². The first-order valence-corrected chi connectivity index (χ1v) is 5.39. The van der Waals surface area contributed by atoms with Crippen LogP contribution in [0.4, 0.5) is 0 Å². The maximum Gasteiger partial charge on any atom is 0.255 e. The smallest absolute Gasteiger partial charge is 0.255 e. The average Bonchev–Trinajstić information content (AvgIpc) is 2.49. The highest BCUT2D eigenvalue weighted by molar-refractivity contribution is 5.98. The number of likely N-dealkylation sites (N-methyl/N-ethyl adjacent to an activating group) is 1. The van der Waals surface area contributed by atoms with E-state index in [-0.39, 0.29) is 18.4 Å². The highest BCUT2D eigenvalue weighted by Gasteiger charge is 2.19. The minimum absolute atomic E-state index is 0.00502. The van der Waals surface area contributed by atoms with Gasteiger partial charge in [0.2, 0.25) is 5.91 Å². The zero-order chi connectivity index (χ0) is 13.2. The SMILES string of the molecule is Cc1oc(C)c(C(=O)NCC(=O)N(C)C)c1C. The van der Waals surface area contributed by atoms with Crippen LogP contribution >= 0.6 is 0 Å². The number of nitrogens with one attached hydrogen (secondary N) is 1. The Morgan fingerprint density at radius 1 is 1.18 bits per heavy atom. The lowest BCUT2D eigenvalue weighted by atomic mass is 10.1. The van der Waals surface area contributed by atoms with E-state index in [2.05, 4.69) is 5.32 Å². The quantitative estimate of drug-likeness (QED) is 0.855. The second-order valence-corrected chi connectivity index (χ2v) is 4.19. The lowest BCUT2D eigenvalue weighted by Gasteiger charge is -2.10. The Kier molecular flexibility index (Phi) is 3.93. The summed E-state index contributed by atoms with van der Waals surface area (Å²) in [6.07, 6.45) is 0. The summed E-state index contributed by atoms with van der Waals surface area (Å²) in [6, 6.07) is 0. The van der Waals surface area contributed by atoms with Crippen molar-refractivity contribution in [2.24, 2.45) is 0 Å². The van der Waals surface area contributed by atoms with Crippen LogP contribution in [0.15, 0.2) is 4.42 Å². The van der Waals surface area contributed by atoms with Gasteiger partial charge in [-0.25, -0.2) is 0 Å². The van der Waals surface area contributed by atoms with Gasteiger partial charge >= 0.3 is 0 Å². The maximum absolute atomic E-state index is 11.9. The number of hydrogen-bond donors (Lipinski definition) is 1. The zero-order valence-corrected chi connectivity index (χ0v) is 10.9. The molecule has 5 nitrogen and oxygen atoms in total. The van der Waals surface area contributed by atoms with E-state index >= 15 is 0 Å². The van der Waals surface area contributed by atoms with Gasteiger partial charge in [-0.1, -0.05) is 0 Å². The molecule has 0 unspecified atom stereocenters. The fraction of sp³-hybridized carbons (Fsp3) is 0.500. The van der Waals surface area contributed by atoms with Crippen LogP contribution < -0.4 is 5.32 Å². The van der Waals surface area contributed by atoms with Gasteiger partial charge in [0.05, 0.1) is 12.1 Å². The molecule has 5 heteroatoms. The Bertz CT molecular complexity index is 447. The molecule has 1 N–H and O–H groups in total. The molecule has 0 radical (unpaired) electrons. The van der Waals surface area contributed by atoms with Crippen molar-refractivity contribution >= 4 is 11.8 Å². The Morgan fingerprint density at radius 3 is 2.18 bits per heavy atom. The van der Waals surface area contributed by atoms with E-state index in [1.807, 2.05) is 13.8 Å². The monoisotopic (exact) mass is 238 g/mol. The molecule has 2 amide bonds. The summed E-state index contributed by atoms with van der Waals surface area (Å²) < 4.78 is 5.36. The van der Waals surface area contributed by atoms with Crippen LogP contribution in [-0.2, 0) is 4.79 Å². The molecule has 0 aromatic carbocycles. The predicted octanol–water partition coefficient (Wildman–Crippen LogP) is 1.02. The second-order valence-electron chi connectivity index (χ2n) is 4.19. The van der Waals surface area contributed by atoms with E-state index in [0.29, 0.717) is 11.3 Å². The first kappa shape index (κ1) is 13.3. The van der Waals surface area contributed by atoms with Gasteiger partial charge in [-0.3, -0.25) is 9.59 Å². The molecular formula is C12H18N2O3. The number of carbonyl (C=O) groups is 2. The number of hydrogen-bond acceptors (Lipinski definition) is 3. The summed E-state index contributed by atoms with van der Waals surface area (Å²) in [5, 5.41) is 2.58. The van der Waals surface area contributed by atoms with Gasteiger partial charge in [-0.2, -0.15) is 0 Å². The van der Waals surface area contributed by atoms with E-state index in [0.717, 1.165) is 11.3 Å². The molecular weight excluding hydrogens is 220 g/mol. The lowest BCUT2D eigenvalue weighted by Crippen LogP contribution is -2.36. The molecule has 1 aromatic heterocycles. The summed E-state index contributed by atoms with van der Waals surface area (Å²) in [6.45, 7) is 5.37. The van der Waals surface area contributed by atoms with Crippen molar-refractivity contribution in [2.75, 3.05) is 20.6 Å². The molecule has 0 atom stereocenters. The number of rotatable bonds is 3. The van der Waals surface area contributed by atoms with Gasteiger partial charge in [0.1, 0.15) is 11.5 Å². The summed E-state index contributed by atoms with van der Waals surface area (Å²) in [5.74, 6) is 0.891. The minimum atomic E-state index is -0.271. The van der Waals surface area contributed by atoms with E-state index in [1.54, 1.807) is 21.0 Å². The van der Waals surface area contributed by atoms with Crippen molar-refractivity contribution in [2.45, 2.75) is 20.8 Å². The number of carbonyl (C=O) groups excluding carboxylic acids is 2. The molecule has 0 saturated heterocycles. The molecule has 0 bridgehead atoms. The topological polar surface area (TPSA) is 62.6 Å². The van der Waals surface area contributed by atoms with Crippen LogP contribution in [0.5, 0.6) is 0 Å². The summed E-state index contributed by atoms with van der Waals surface area (Å²) in [4.78, 5) is 24.7. The predicted molar refractivity (Wildman–Crippen MR) is 63.9 cm³/mol. The van der Waals surface area contributed by atoms with Crippen molar-refractivity contribution in [3.8, 4) is 0 Å². The normalized spacial score (nSPS) is 10.2. The molecule has 94 valence electrons. The highest BCUT2D eigenvalue weighted by atomic mass is 16.3. The first-order valence-electron chi connectivity index (χ1n) is 5.39. The van der Waals surface area contributed by atoms with E-state index < -0.39 is 0 Å². The van der Waals surface area contributed by atoms with Crippen molar-refractivity contribution in [1.29, 1.82) is 0 Å². The van der Waals surface area contributed by atoms with E-state index in [9.17, 15) is 9.59 Å². The van der Waals surface area contributed by atoms with Crippen LogP contribution in [-0.4, -0.2) is 37.4 Å². The van der Waals surface area contributed by atoms with Gasteiger partial charge in [0.25, 0.3) is 5.91 Å². The Hall–Kier alpha value is -1.78. The van der Waals surface area contributed by atoms with Crippen molar-refractivity contribution in [3.63, 3.8) is 0 Å². The van der Waals surface area contributed by atoms with Crippen molar-refractivity contribution in [3.05, 3.63) is 22.6 Å². The number of furan rings is 1. The van der Waals surface area contributed by atoms with E-state index in [1.165, 1.54) is 4.90 Å². The largest absolute Gasteiger partial charge is 0.466 e. The first-order chi connectivity index (χ1) is 7.84. The summed E-state index contributed by atoms with van der Waals surface area (Å²) in [5.41, 5.74) is 1.34. The van der Waals surface area contributed by atoms with Crippen LogP contribution in [0.25, 0.3) is 0 Å². The van der Waals surface area contributed by atoms with E-state index in [4.69, 9.17) is 4.42 Å². The Morgan fingerprint density at radius 2 is 1.76 bits per heavy atom. The maximum atomic E-state index is 11.9. The molecule has 1 rings (SSSR count). The third-order valence-electron chi connectivity index (χ3n) is 2.69. The van der Waals surface area contributed by atoms with Gasteiger partial charge in [0, 0.05) is 19.7 Å². The van der Waals surface area contributed by atoms with Crippen LogP contribution in [0, 0.1) is 20.8 Å². The molecule has 0 saturated carbocycles. The van der Waals surface area contributed by atoms with Gasteiger partial charge in [-0.05, 0) is 20.8 Å². The fourth-order valence-corrected chi connectivity index (χ4v) is 1.53. The van der Waals surface area contributed by atoms with Gasteiger partial charge < -0.3 is 14.6 Å². The van der Waals surface area contributed by atoms with Crippen molar-refractivity contribution in [1.82, 2.24) is 10.2 Å². The lowest BCUT2D eigenvalue weighted by molar-refractivity contribution is -0.127. The highest BCUT2D eigenvalue weighted by Crippen LogP contribution is 2.20. The third kappa shape index (κ3) is 2.87. The minimum Gasteiger partial charge on any atom is -0.466 e. The molecule has 0 aliphatic rings. The average molecular weight is 238 g/mol. The van der Waals surface area contributed by atoms with Gasteiger partial charge in [0.15, 0.2) is 0 Å². The molecule has 1 heterocycles. The molecule has 17 heavy (non-hydrogen) atoms. The number of amides is 2. The standard InChI is InChI=1S/C12H18N2O3/c1-7-8(2)17-9(3)11(7)12(16)13-6-10(15)14(4)5/h6H2,1-5H3,(H,13,16). The Balaban J connectivity index is 2.74. The molecule has 0 spiro atoms. The molecule has 0 aliphatic heterocycles.